The minimum absolute atomic E-state index is 0.0662. The number of ether oxygens (including phenoxy) is 1. The van der Waals surface area contributed by atoms with Gasteiger partial charge in [0.1, 0.15) is 0 Å². The quantitative estimate of drug-likeness (QED) is 0.794. The van der Waals surface area contributed by atoms with Gasteiger partial charge in [-0.05, 0) is 24.4 Å². The van der Waals surface area contributed by atoms with Crippen LogP contribution >= 0.6 is 11.6 Å². The number of hydrogen-bond acceptors (Lipinski definition) is 4. The van der Waals surface area contributed by atoms with Crippen molar-refractivity contribution < 1.29 is 9.13 Å². The van der Waals surface area contributed by atoms with Crippen molar-refractivity contribution in [3.05, 3.63) is 17.3 Å². The number of nitrogens with zero attached hydrogens (tertiary/aromatic N) is 3. The molecule has 0 spiro atoms. The maximum absolute atomic E-state index is 13.7. The van der Waals surface area contributed by atoms with Crippen LogP contribution in [0.1, 0.15) is 26.7 Å². The molecule has 6 heteroatoms. The lowest BCUT2D eigenvalue weighted by Gasteiger charge is -2.42. The van der Waals surface area contributed by atoms with Crippen LogP contribution in [0.25, 0.3) is 0 Å². The molecule has 0 aromatic carbocycles. The lowest BCUT2D eigenvalue weighted by molar-refractivity contribution is -0.0608. The van der Waals surface area contributed by atoms with Gasteiger partial charge in [-0.2, -0.15) is 4.98 Å². The van der Waals surface area contributed by atoms with Gasteiger partial charge in [-0.15, -0.1) is 0 Å². The van der Waals surface area contributed by atoms with Gasteiger partial charge in [-0.3, -0.25) is 0 Å². The van der Waals surface area contributed by atoms with E-state index in [4.69, 9.17) is 16.3 Å². The summed E-state index contributed by atoms with van der Waals surface area (Å²) in [5.74, 6) is -0.174. The molecule has 0 saturated carbocycles. The molecule has 0 aliphatic carbocycles. The van der Waals surface area contributed by atoms with Crippen LogP contribution in [0.15, 0.2) is 6.20 Å². The molecule has 0 amide bonds. The van der Waals surface area contributed by atoms with Crippen LogP contribution in [0.2, 0.25) is 5.28 Å². The smallest absolute Gasteiger partial charge is 0.224 e. The zero-order valence-corrected chi connectivity index (χ0v) is 11.4. The molecule has 2 heterocycles. The second-order valence-corrected chi connectivity index (χ2v) is 4.81. The molecule has 1 aliphatic heterocycles. The monoisotopic (exact) mass is 273 g/mol. The van der Waals surface area contributed by atoms with Gasteiger partial charge < -0.3 is 9.64 Å². The van der Waals surface area contributed by atoms with Crippen LogP contribution < -0.4 is 4.90 Å². The van der Waals surface area contributed by atoms with Crippen molar-refractivity contribution in [1.82, 2.24) is 9.97 Å². The van der Waals surface area contributed by atoms with Crippen molar-refractivity contribution >= 4 is 17.4 Å². The van der Waals surface area contributed by atoms with E-state index in [0.717, 1.165) is 19.0 Å². The van der Waals surface area contributed by atoms with Gasteiger partial charge in [-0.1, -0.05) is 13.8 Å². The van der Waals surface area contributed by atoms with E-state index in [2.05, 4.69) is 23.8 Å². The third-order valence-corrected chi connectivity index (χ3v) is 3.71. The molecule has 1 saturated heterocycles. The summed E-state index contributed by atoms with van der Waals surface area (Å²) in [6.07, 6.45) is 2.89. The van der Waals surface area contributed by atoms with E-state index in [1.54, 1.807) is 0 Å². The number of morpholine rings is 1. The molecule has 1 aromatic heterocycles. The van der Waals surface area contributed by atoms with Crippen LogP contribution in [0.3, 0.4) is 0 Å². The number of anilines is 1. The van der Waals surface area contributed by atoms with Crippen LogP contribution in [-0.2, 0) is 4.74 Å². The van der Waals surface area contributed by atoms with E-state index in [1.807, 2.05) is 4.90 Å². The van der Waals surface area contributed by atoms with Gasteiger partial charge >= 0.3 is 0 Å². The fourth-order valence-corrected chi connectivity index (χ4v) is 2.39. The Labute approximate surface area is 111 Å². The highest BCUT2D eigenvalue weighted by molar-refractivity contribution is 6.28. The van der Waals surface area contributed by atoms with Crippen molar-refractivity contribution in [3.63, 3.8) is 0 Å². The van der Waals surface area contributed by atoms with E-state index in [-0.39, 0.29) is 16.7 Å². The molecular weight excluding hydrogens is 257 g/mol. The summed E-state index contributed by atoms with van der Waals surface area (Å²) in [4.78, 5) is 9.50. The summed E-state index contributed by atoms with van der Waals surface area (Å²) in [7, 11) is 0. The van der Waals surface area contributed by atoms with Gasteiger partial charge in [-0.25, -0.2) is 9.37 Å². The molecule has 2 rings (SSSR count). The zero-order chi connectivity index (χ0) is 13.2. The molecule has 4 nitrogen and oxygen atoms in total. The molecule has 0 atom stereocenters. The Kier molecular flexibility index (Phi) is 4.02. The average molecular weight is 274 g/mol. The minimum Gasteiger partial charge on any atom is -0.371 e. The predicted octanol–water partition coefficient (Wildman–Crippen LogP) is 2.66. The summed E-state index contributed by atoms with van der Waals surface area (Å²) < 4.78 is 19.6. The van der Waals surface area contributed by atoms with Crippen LogP contribution in [0.4, 0.5) is 10.2 Å². The fourth-order valence-electron chi connectivity index (χ4n) is 2.26. The molecule has 0 radical (unpaired) electrons. The molecule has 0 bridgehead atoms. The number of rotatable bonds is 3. The zero-order valence-electron chi connectivity index (χ0n) is 10.6. The lowest BCUT2D eigenvalue weighted by atomic mass is 9.95. The highest BCUT2D eigenvalue weighted by Gasteiger charge is 2.34. The summed E-state index contributed by atoms with van der Waals surface area (Å²) >= 11 is 5.73. The molecular formula is C12H17ClFN3O. The number of hydrogen-bond donors (Lipinski definition) is 0. The first-order valence-electron chi connectivity index (χ1n) is 6.17. The summed E-state index contributed by atoms with van der Waals surface area (Å²) in [5, 5.41) is 0.0662. The Balaban J connectivity index is 2.25. The molecule has 0 unspecified atom stereocenters. The average Bonchev–Trinajstić information content (AvgIpc) is 2.41. The number of aromatic nitrogens is 2. The fraction of sp³-hybridized carbons (Fsp3) is 0.667. The highest BCUT2D eigenvalue weighted by atomic mass is 35.5. The third-order valence-electron chi connectivity index (χ3n) is 3.53. The normalized spacial score (nSPS) is 19.0. The Hall–Kier alpha value is -0.940. The van der Waals surface area contributed by atoms with E-state index in [0.29, 0.717) is 19.7 Å². The Morgan fingerprint density at radius 1 is 1.50 bits per heavy atom. The summed E-state index contributed by atoms with van der Waals surface area (Å²) in [6.45, 7) is 5.98. The lowest BCUT2D eigenvalue weighted by Crippen LogP contribution is -2.51. The van der Waals surface area contributed by atoms with Gasteiger partial charge in [0.2, 0.25) is 5.28 Å². The predicted molar refractivity (Wildman–Crippen MR) is 68.5 cm³/mol. The first-order valence-corrected chi connectivity index (χ1v) is 6.55. The largest absolute Gasteiger partial charge is 0.371 e. The summed E-state index contributed by atoms with van der Waals surface area (Å²) in [5.41, 5.74) is -0.220. The first-order chi connectivity index (χ1) is 8.60. The maximum Gasteiger partial charge on any atom is 0.224 e. The Morgan fingerprint density at radius 2 is 2.22 bits per heavy atom. The molecule has 100 valence electrons. The van der Waals surface area contributed by atoms with Gasteiger partial charge in [0, 0.05) is 13.1 Å². The van der Waals surface area contributed by atoms with Crippen molar-refractivity contribution in [3.8, 4) is 0 Å². The first kappa shape index (κ1) is 13.5. The van der Waals surface area contributed by atoms with Crippen LogP contribution in [0.5, 0.6) is 0 Å². The molecule has 0 N–H and O–H groups in total. The SMILES string of the molecule is CCC1(CC)CN(c2nc(Cl)ncc2F)CCO1. The Bertz CT molecular complexity index is 426. The van der Waals surface area contributed by atoms with Crippen molar-refractivity contribution in [2.75, 3.05) is 24.6 Å². The van der Waals surface area contributed by atoms with Crippen LogP contribution in [-0.4, -0.2) is 35.3 Å². The van der Waals surface area contributed by atoms with Gasteiger partial charge in [0.25, 0.3) is 0 Å². The van der Waals surface area contributed by atoms with Gasteiger partial charge in [0.15, 0.2) is 11.6 Å². The third kappa shape index (κ3) is 2.57. The topological polar surface area (TPSA) is 38.2 Å². The highest BCUT2D eigenvalue weighted by Crippen LogP contribution is 2.29. The summed E-state index contributed by atoms with van der Waals surface area (Å²) in [6, 6.07) is 0. The maximum atomic E-state index is 13.7. The molecule has 1 aromatic rings. The van der Waals surface area contributed by atoms with Crippen molar-refractivity contribution in [2.24, 2.45) is 0 Å². The number of halogens is 2. The molecule has 1 aliphatic rings. The second-order valence-electron chi connectivity index (χ2n) is 4.47. The molecule has 1 fully saturated rings. The van der Waals surface area contributed by atoms with E-state index >= 15 is 0 Å². The van der Waals surface area contributed by atoms with Gasteiger partial charge in [0.05, 0.1) is 18.4 Å². The minimum atomic E-state index is -0.442. The second kappa shape index (κ2) is 5.36. The van der Waals surface area contributed by atoms with Crippen LogP contribution in [0, 0.1) is 5.82 Å². The Morgan fingerprint density at radius 3 is 2.89 bits per heavy atom. The van der Waals surface area contributed by atoms with E-state index in [9.17, 15) is 4.39 Å². The molecule has 18 heavy (non-hydrogen) atoms. The van der Waals surface area contributed by atoms with Crippen molar-refractivity contribution in [2.45, 2.75) is 32.3 Å². The standard InChI is InChI=1S/C12H17ClFN3O/c1-3-12(4-2)8-17(5-6-18-12)10-9(14)7-15-11(13)16-10/h7H,3-6,8H2,1-2H3. The van der Waals surface area contributed by atoms with E-state index < -0.39 is 5.82 Å². The van der Waals surface area contributed by atoms with E-state index in [1.165, 1.54) is 0 Å². The van der Waals surface area contributed by atoms with Crippen molar-refractivity contribution in [1.29, 1.82) is 0 Å².